The van der Waals surface area contributed by atoms with Crippen LogP contribution in [0.4, 0.5) is 13.2 Å². The van der Waals surface area contributed by atoms with Gasteiger partial charge in [0.05, 0.1) is 30.5 Å². The van der Waals surface area contributed by atoms with Crippen LogP contribution in [0.2, 0.25) is 5.02 Å². The predicted molar refractivity (Wildman–Crippen MR) is 77.8 cm³/mol. The lowest BCUT2D eigenvalue weighted by Crippen LogP contribution is -2.38. The van der Waals surface area contributed by atoms with E-state index in [1.165, 1.54) is 0 Å². The van der Waals surface area contributed by atoms with E-state index in [1.54, 1.807) is 0 Å². The minimum absolute atomic E-state index is 0.00455. The van der Waals surface area contributed by atoms with Gasteiger partial charge in [0.25, 0.3) is 5.56 Å². The first-order valence-corrected chi connectivity index (χ1v) is 7.07. The molecule has 0 aliphatic rings. The minimum Gasteiger partial charge on any atom is -0.339 e. The van der Waals surface area contributed by atoms with Gasteiger partial charge in [-0.25, -0.2) is 0 Å². The molecule has 1 heterocycles. The monoisotopic (exact) mass is 360 g/mol. The fourth-order valence-corrected chi connectivity index (χ4v) is 2.07. The Morgan fingerprint density at radius 1 is 1.25 bits per heavy atom. The number of hydrogen-bond acceptors (Lipinski definition) is 4. The zero-order chi connectivity index (χ0) is 18.3. The Hall–Kier alpha value is -2.52. The van der Waals surface area contributed by atoms with Crippen molar-refractivity contribution in [3.8, 4) is 12.1 Å². The van der Waals surface area contributed by atoms with Crippen molar-refractivity contribution < 1.29 is 18.0 Å². The highest BCUT2D eigenvalue weighted by Gasteiger charge is 2.32. The van der Waals surface area contributed by atoms with Crippen molar-refractivity contribution in [1.82, 2.24) is 9.47 Å². The molecule has 0 spiro atoms. The molecule has 6 nitrogen and oxygen atoms in total. The normalized spacial score (nSPS) is 10.8. The summed E-state index contributed by atoms with van der Waals surface area (Å²) in [7, 11) is 0. The fraction of sp³-hybridized carbons (Fsp3) is 0.429. The third-order valence-electron chi connectivity index (χ3n) is 3.02. The average Bonchev–Trinajstić information content (AvgIpc) is 2.50. The highest BCUT2D eigenvalue weighted by atomic mass is 35.5. The molecule has 1 aromatic heterocycles. The predicted octanol–water partition coefficient (Wildman–Crippen LogP) is 2.18. The van der Waals surface area contributed by atoms with Gasteiger partial charge in [-0.2, -0.15) is 23.7 Å². The maximum atomic E-state index is 12.8. The fourth-order valence-electron chi connectivity index (χ4n) is 1.85. The zero-order valence-electron chi connectivity index (χ0n) is 12.3. The summed E-state index contributed by atoms with van der Waals surface area (Å²) in [5.74, 6) is -0.682. The number of hydrogen-bond donors (Lipinski definition) is 0. The van der Waals surface area contributed by atoms with Crippen LogP contribution in [-0.4, -0.2) is 28.5 Å². The van der Waals surface area contributed by atoms with E-state index in [0.717, 1.165) is 4.90 Å². The van der Waals surface area contributed by atoms with E-state index in [2.05, 4.69) is 0 Å². The van der Waals surface area contributed by atoms with Gasteiger partial charge in [-0.05, 0) is 6.07 Å². The molecule has 24 heavy (non-hydrogen) atoms. The van der Waals surface area contributed by atoms with Crippen LogP contribution in [0.3, 0.4) is 0 Å². The highest BCUT2D eigenvalue weighted by Crippen LogP contribution is 2.29. The first-order valence-electron chi connectivity index (χ1n) is 6.69. The van der Waals surface area contributed by atoms with Crippen molar-refractivity contribution in [2.45, 2.75) is 25.6 Å². The van der Waals surface area contributed by atoms with Crippen molar-refractivity contribution in [2.24, 2.45) is 0 Å². The van der Waals surface area contributed by atoms with E-state index in [9.17, 15) is 22.8 Å². The Morgan fingerprint density at radius 2 is 1.79 bits per heavy atom. The summed E-state index contributed by atoms with van der Waals surface area (Å²) in [6, 6.07) is 4.15. The number of aromatic nitrogens is 1. The van der Waals surface area contributed by atoms with Gasteiger partial charge >= 0.3 is 6.18 Å². The standard InChI is InChI=1S/C14H12ClF3N4O2/c15-11-7-10(14(16,17)18)8-22(13(11)24)9-12(23)21(5-1-3-19)6-2-4-20/h7-8H,1-2,5-6,9H2. The molecule has 0 saturated carbocycles. The first-order chi connectivity index (χ1) is 11.2. The smallest absolute Gasteiger partial charge is 0.339 e. The van der Waals surface area contributed by atoms with Crippen molar-refractivity contribution in [1.29, 1.82) is 10.5 Å². The third kappa shape index (κ3) is 5.28. The van der Waals surface area contributed by atoms with E-state index in [-0.39, 0.29) is 25.9 Å². The van der Waals surface area contributed by atoms with Gasteiger partial charge in [0, 0.05) is 19.3 Å². The lowest BCUT2D eigenvalue weighted by molar-refractivity contribution is -0.138. The number of nitriles is 2. The summed E-state index contributed by atoms with van der Waals surface area (Å²) >= 11 is 5.51. The molecule has 0 aromatic carbocycles. The van der Waals surface area contributed by atoms with Crippen LogP contribution in [0.1, 0.15) is 18.4 Å². The van der Waals surface area contributed by atoms with Crippen LogP contribution < -0.4 is 5.56 Å². The summed E-state index contributed by atoms with van der Waals surface area (Å²) in [4.78, 5) is 25.1. The van der Waals surface area contributed by atoms with E-state index in [1.807, 2.05) is 12.1 Å². The molecule has 0 fully saturated rings. The van der Waals surface area contributed by atoms with Crippen molar-refractivity contribution in [2.75, 3.05) is 13.1 Å². The van der Waals surface area contributed by atoms with E-state index in [0.29, 0.717) is 16.8 Å². The number of alkyl halides is 3. The molecule has 1 rings (SSSR count). The first kappa shape index (κ1) is 19.5. The molecule has 10 heteroatoms. The molecule has 128 valence electrons. The Labute approximate surface area is 140 Å². The maximum absolute atomic E-state index is 12.8. The zero-order valence-corrected chi connectivity index (χ0v) is 13.1. The largest absolute Gasteiger partial charge is 0.417 e. The van der Waals surface area contributed by atoms with Gasteiger partial charge in [-0.15, -0.1) is 0 Å². The van der Waals surface area contributed by atoms with Crippen LogP contribution >= 0.6 is 11.6 Å². The van der Waals surface area contributed by atoms with Gasteiger partial charge in [0.1, 0.15) is 11.6 Å². The van der Waals surface area contributed by atoms with Gasteiger partial charge in [-0.1, -0.05) is 11.6 Å². The Bertz CT molecular complexity index is 728. The maximum Gasteiger partial charge on any atom is 0.417 e. The Kier molecular flexibility index (Phi) is 6.81. The number of amides is 1. The number of halogens is 4. The third-order valence-corrected chi connectivity index (χ3v) is 3.29. The van der Waals surface area contributed by atoms with Crippen LogP contribution in [0.15, 0.2) is 17.1 Å². The van der Waals surface area contributed by atoms with Crippen LogP contribution in [-0.2, 0) is 17.5 Å². The lowest BCUT2D eigenvalue weighted by atomic mass is 10.2. The van der Waals surface area contributed by atoms with Crippen LogP contribution in [0.25, 0.3) is 0 Å². The van der Waals surface area contributed by atoms with Gasteiger partial charge in [0.15, 0.2) is 0 Å². The molecule has 1 aromatic rings. The van der Waals surface area contributed by atoms with Crippen LogP contribution in [0, 0.1) is 22.7 Å². The quantitative estimate of drug-likeness (QED) is 0.777. The SMILES string of the molecule is N#CCCN(CCC#N)C(=O)Cn1cc(C(F)(F)F)cc(Cl)c1=O. The Balaban J connectivity index is 3.07. The molecular weight excluding hydrogens is 349 g/mol. The van der Waals surface area contributed by atoms with E-state index in [4.69, 9.17) is 22.1 Å². The second-order valence-corrected chi connectivity index (χ2v) is 5.11. The molecular formula is C14H12ClF3N4O2. The van der Waals surface area contributed by atoms with Gasteiger partial charge in [-0.3, -0.25) is 9.59 Å². The topological polar surface area (TPSA) is 89.9 Å². The average molecular weight is 361 g/mol. The lowest BCUT2D eigenvalue weighted by Gasteiger charge is -2.21. The number of carbonyl (C=O) groups is 1. The second kappa shape index (κ2) is 8.37. The second-order valence-electron chi connectivity index (χ2n) is 4.70. The molecule has 0 aliphatic carbocycles. The molecule has 1 amide bonds. The summed E-state index contributed by atoms with van der Waals surface area (Å²) in [5.41, 5.74) is -2.08. The molecule has 0 unspecified atom stereocenters. The summed E-state index contributed by atoms with van der Waals surface area (Å²) in [6.07, 6.45) is -4.22. The van der Waals surface area contributed by atoms with Crippen LogP contribution in [0.5, 0.6) is 0 Å². The van der Waals surface area contributed by atoms with Gasteiger partial charge < -0.3 is 9.47 Å². The van der Waals surface area contributed by atoms with E-state index < -0.39 is 34.8 Å². The van der Waals surface area contributed by atoms with Gasteiger partial charge in [0.2, 0.25) is 5.91 Å². The minimum atomic E-state index is -4.72. The van der Waals surface area contributed by atoms with Crippen molar-refractivity contribution in [3.05, 3.63) is 33.2 Å². The molecule has 0 atom stereocenters. The molecule has 0 bridgehead atoms. The number of carbonyl (C=O) groups excluding carboxylic acids is 1. The van der Waals surface area contributed by atoms with E-state index >= 15 is 0 Å². The molecule has 0 aliphatic heterocycles. The molecule has 0 saturated heterocycles. The van der Waals surface area contributed by atoms with Crippen molar-refractivity contribution in [3.63, 3.8) is 0 Å². The number of rotatable bonds is 6. The Morgan fingerprint density at radius 3 is 2.25 bits per heavy atom. The summed E-state index contributed by atoms with van der Waals surface area (Å²) < 4.78 is 38.9. The number of pyridine rings is 1. The molecule has 0 radical (unpaired) electrons. The summed E-state index contributed by atoms with van der Waals surface area (Å²) in [5, 5.41) is 16.5. The van der Waals surface area contributed by atoms with Crippen molar-refractivity contribution >= 4 is 17.5 Å². The molecule has 0 N–H and O–H groups in total. The highest BCUT2D eigenvalue weighted by molar-refractivity contribution is 6.30. The summed E-state index contributed by atoms with van der Waals surface area (Å²) in [6.45, 7) is -0.643. The number of nitrogens with zero attached hydrogens (tertiary/aromatic N) is 4.